The normalized spacial score (nSPS) is 33.6. The summed E-state index contributed by atoms with van der Waals surface area (Å²) < 4.78 is 5.34. The highest BCUT2D eigenvalue weighted by atomic mass is 16.5. The summed E-state index contributed by atoms with van der Waals surface area (Å²) in [5.41, 5.74) is 0. The first-order valence-electron chi connectivity index (χ1n) is 7.47. The molecule has 20 heavy (non-hydrogen) atoms. The Bertz CT molecular complexity index is 353. The molecule has 2 unspecified atom stereocenters. The number of aliphatic carboxylic acids is 1. The van der Waals surface area contributed by atoms with Gasteiger partial charge in [0.2, 0.25) is 0 Å². The van der Waals surface area contributed by atoms with Crippen LogP contribution in [0, 0.1) is 5.92 Å². The Balaban J connectivity index is 1.62. The summed E-state index contributed by atoms with van der Waals surface area (Å²) in [5, 5.41) is 14.6. The van der Waals surface area contributed by atoms with Crippen LogP contribution in [0.5, 0.6) is 0 Å². The van der Waals surface area contributed by atoms with Gasteiger partial charge >= 0.3 is 12.0 Å². The summed E-state index contributed by atoms with van der Waals surface area (Å²) in [6.07, 6.45) is 4.69. The lowest BCUT2D eigenvalue weighted by Crippen LogP contribution is -2.45. The number of ether oxygens (including phenoxy) is 1. The van der Waals surface area contributed by atoms with Crippen molar-refractivity contribution in [2.45, 2.75) is 63.7 Å². The quantitative estimate of drug-likeness (QED) is 0.730. The van der Waals surface area contributed by atoms with Crippen molar-refractivity contribution < 1.29 is 19.4 Å². The van der Waals surface area contributed by atoms with Crippen LogP contribution in [0.25, 0.3) is 0 Å². The summed E-state index contributed by atoms with van der Waals surface area (Å²) in [6, 6.07) is 0.0920. The largest absolute Gasteiger partial charge is 0.479 e. The third-order valence-electron chi connectivity index (χ3n) is 4.22. The molecule has 0 spiro atoms. The maximum Gasteiger partial charge on any atom is 0.332 e. The van der Waals surface area contributed by atoms with E-state index in [1.165, 1.54) is 0 Å². The van der Waals surface area contributed by atoms with Gasteiger partial charge in [0, 0.05) is 12.6 Å². The van der Waals surface area contributed by atoms with Gasteiger partial charge in [0.25, 0.3) is 0 Å². The van der Waals surface area contributed by atoms with E-state index in [2.05, 4.69) is 17.6 Å². The Morgan fingerprint density at radius 3 is 2.45 bits per heavy atom. The minimum atomic E-state index is -0.923. The van der Waals surface area contributed by atoms with Crippen molar-refractivity contribution in [2.75, 3.05) is 6.54 Å². The summed E-state index contributed by atoms with van der Waals surface area (Å²) in [7, 11) is 0. The fraction of sp³-hybridized carbons (Fsp3) is 0.857. The molecule has 1 aliphatic heterocycles. The Morgan fingerprint density at radius 2 is 1.85 bits per heavy atom. The van der Waals surface area contributed by atoms with Crippen molar-refractivity contribution >= 4 is 12.0 Å². The van der Waals surface area contributed by atoms with Gasteiger partial charge in [-0.05, 0) is 44.4 Å². The molecule has 2 atom stereocenters. The molecular weight excluding hydrogens is 260 g/mol. The third kappa shape index (κ3) is 4.37. The van der Waals surface area contributed by atoms with Gasteiger partial charge in [0.1, 0.15) is 0 Å². The number of carbonyl (C=O) groups excluding carboxylic acids is 1. The minimum absolute atomic E-state index is 0.174. The summed E-state index contributed by atoms with van der Waals surface area (Å²) in [6.45, 7) is 2.62. The number of nitrogens with one attached hydrogen (secondary N) is 2. The lowest BCUT2D eigenvalue weighted by Gasteiger charge is -2.27. The summed E-state index contributed by atoms with van der Waals surface area (Å²) in [4.78, 5) is 22.5. The van der Waals surface area contributed by atoms with Crippen molar-refractivity contribution in [3.63, 3.8) is 0 Å². The molecule has 0 aromatic rings. The second kappa shape index (κ2) is 6.92. The monoisotopic (exact) mass is 284 g/mol. The highest BCUT2D eigenvalue weighted by molar-refractivity contribution is 5.74. The second-order valence-electron chi connectivity index (χ2n) is 5.97. The summed E-state index contributed by atoms with van der Waals surface area (Å²) >= 11 is 0. The van der Waals surface area contributed by atoms with Crippen LogP contribution < -0.4 is 10.6 Å². The molecule has 2 fully saturated rings. The SMILES string of the molecule is CC1CCC(NC(=O)NCC2CCC(C(=O)O)O2)CC1. The maximum atomic E-state index is 11.8. The molecule has 1 saturated carbocycles. The fourth-order valence-electron chi connectivity index (χ4n) is 2.88. The Hall–Kier alpha value is -1.30. The first kappa shape index (κ1) is 15.1. The number of hydrogen-bond acceptors (Lipinski definition) is 3. The first-order chi connectivity index (χ1) is 9.54. The van der Waals surface area contributed by atoms with E-state index in [-0.39, 0.29) is 18.2 Å². The lowest BCUT2D eigenvalue weighted by molar-refractivity contribution is -0.149. The van der Waals surface area contributed by atoms with Gasteiger partial charge in [0.15, 0.2) is 6.10 Å². The smallest absolute Gasteiger partial charge is 0.332 e. The number of carboxylic acids is 1. The van der Waals surface area contributed by atoms with Crippen LogP contribution in [0.1, 0.15) is 45.4 Å². The molecule has 0 radical (unpaired) electrons. The number of hydrogen-bond donors (Lipinski definition) is 3. The van der Waals surface area contributed by atoms with E-state index in [9.17, 15) is 9.59 Å². The van der Waals surface area contributed by atoms with Crippen molar-refractivity contribution in [1.82, 2.24) is 10.6 Å². The highest BCUT2D eigenvalue weighted by Crippen LogP contribution is 2.23. The van der Waals surface area contributed by atoms with Crippen molar-refractivity contribution in [1.29, 1.82) is 0 Å². The van der Waals surface area contributed by atoms with Gasteiger partial charge < -0.3 is 20.5 Å². The standard InChI is InChI=1S/C14H24N2O4/c1-9-2-4-10(5-3-9)16-14(19)15-8-11-6-7-12(20-11)13(17)18/h9-12H,2-8H2,1H3,(H,17,18)(H2,15,16,19). The number of urea groups is 1. The number of carboxylic acid groups (broad SMARTS) is 1. The van der Waals surface area contributed by atoms with Gasteiger partial charge in [-0.3, -0.25) is 0 Å². The molecule has 1 aliphatic carbocycles. The molecule has 1 saturated heterocycles. The van der Waals surface area contributed by atoms with Crippen LogP contribution in [-0.4, -0.2) is 41.9 Å². The zero-order chi connectivity index (χ0) is 14.5. The molecule has 0 aromatic carbocycles. The van der Waals surface area contributed by atoms with Crippen molar-refractivity contribution in [3.8, 4) is 0 Å². The van der Waals surface area contributed by atoms with E-state index in [1.54, 1.807) is 0 Å². The lowest BCUT2D eigenvalue weighted by atomic mass is 9.87. The van der Waals surface area contributed by atoms with Gasteiger partial charge in [-0.1, -0.05) is 6.92 Å². The molecule has 0 aromatic heterocycles. The molecule has 0 bridgehead atoms. The molecule has 2 rings (SSSR count). The van der Waals surface area contributed by atoms with E-state index in [4.69, 9.17) is 9.84 Å². The molecule has 1 heterocycles. The highest BCUT2D eigenvalue weighted by Gasteiger charge is 2.30. The van der Waals surface area contributed by atoms with E-state index in [0.29, 0.717) is 19.4 Å². The van der Waals surface area contributed by atoms with Gasteiger partial charge in [-0.25, -0.2) is 9.59 Å². The van der Waals surface area contributed by atoms with Crippen molar-refractivity contribution in [3.05, 3.63) is 0 Å². The topological polar surface area (TPSA) is 87.7 Å². The molecule has 6 nitrogen and oxygen atoms in total. The number of amides is 2. The molecule has 2 amide bonds. The molecular formula is C14H24N2O4. The van der Waals surface area contributed by atoms with E-state index < -0.39 is 12.1 Å². The van der Waals surface area contributed by atoms with Crippen LogP contribution in [0.4, 0.5) is 4.79 Å². The summed E-state index contributed by atoms with van der Waals surface area (Å²) in [5.74, 6) is -0.163. The molecule has 2 aliphatic rings. The molecule has 3 N–H and O–H groups in total. The van der Waals surface area contributed by atoms with E-state index >= 15 is 0 Å². The zero-order valence-corrected chi connectivity index (χ0v) is 11.9. The van der Waals surface area contributed by atoms with Crippen LogP contribution in [-0.2, 0) is 9.53 Å². The van der Waals surface area contributed by atoms with E-state index in [0.717, 1.165) is 31.6 Å². The maximum absolute atomic E-state index is 11.8. The average Bonchev–Trinajstić information content (AvgIpc) is 2.88. The molecule has 6 heteroatoms. The van der Waals surface area contributed by atoms with E-state index in [1.807, 2.05) is 0 Å². The van der Waals surface area contributed by atoms with Gasteiger partial charge in [-0.2, -0.15) is 0 Å². The van der Waals surface area contributed by atoms with Crippen LogP contribution in [0.15, 0.2) is 0 Å². The Morgan fingerprint density at radius 1 is 1.15 bits per heavy atom. The predicted octanol–water partition coefficient (Wildman–Crippen LogP) is 1.50. The predicted molar refractivity (Wildman–Crippen MR) is 73.5 cm³/mol. The third-order valence-corrected chi connectivity index (χ3v) is 4.22. The fourth-order valence-corrected chi connectivity index (χ4v) is 2.88. The van der Waals surface area contributed by atoms with Crippen LogP contribution >= 0.6 is 0 Å². The number of carbonyl (C=O) groups is 2. The number of rotatable bonds is 4. The Kier molecular flexibility index (Phi) is 5.23. The van der Waals surface area contributed by atoms with Crippen LogP contribution in [0.3, 0.4) is 0 Å². The van der Waals surface area contributed by atoms with Gasteiger partial charge in [-0.15, -0.1) is 0 Å². The second-order valence-corrected chi connectivity index (χ2v) is 5.97. The first-order valence-corrected chi connectivity index (χ1v) is 7.47. The van der Waals surface area contributed by atoms with Crippen molar-refractivity contribution in [2.24, 2.45) is 5.92 Å². The Labute approximate surface area is 119 Å². The average molecular weight is 284 g/mol. The van der Waals surface area contributed by atoms with Gasteiger partial charge in [0.05, 0.1) is 6.10 Å². The molecule has 114 valence electrons. The zero-order valence-electron chi connectivity index (χ0n) is 11.9. The minimum Gasteiger partial charge on any atom is -0.479 e. The van der Waals surface area contributed by atoms with Crippen LogP contribution in [0.2, 0.25) is 0 Å².